The third-order valence-corrected chi connectivity index (χ3v) is 3.32. The van der Waals surface area contributed by atoms with E-state index in [4.69, 9.17) is 4.74 Å². The van der Waals surface area contributed by atoms with E-state index in [2.05, 4.69) is 41.5 Å². The van der Waals surface area contributed by atoms with Gasteiger partial charge in [-0.3, -0.25) is 0 Å². The molecule has 0 radical (unpaired) electrons. The van der Waals surface area contributed by atoms with Gasteiger partial charge >= 0.3 is 0 Å². The fraction of sp³-hybridized carbons (Fsp3) is 0.333. The zero-order valence-electron chi connectivity index (χ0n) is 11.8. The molecule has 0 aliphatic carbocycles. The molecule has 0 saturated heterocycles. The molecule has 1 aromatic heterocycles. The molecule has 2 aromatic rings. The second-order valence-electron chi connectivity index (χ2n) is 4.58. The van der Waals surface area contributed by atoms with Gasteiger partial charge in [0.25, 0.3) is 0 Å². The molecule has 0 saturated carbocycles. The number of aryl methyl sites for hydroxylation is 2. The van der Waals surface area contributed by atoms with Gasteiger partial charge in [-0.2, -0.15) is 10.2 Å². The van der Waals surface area contributed by atoms with E-state index in [1.807, 2.05) is 13.1 Å². The number of aromatic nitrogens is 2. The van der Waals surface area contributed by atoms with Crippen molar-refractivity contribution < 1.29 is 4.74 Å². The van der Waals surface area contributed by atoms with Gasteiger partial charge in [0.1, 0.15) is 5.75 Å². The molecule has 1 unspecified atom stereocenters. The molecule has 1 atom stereocenters. The van der Waals surface area contributed by atoms with Crippen molar-refractivity contribution in [2.75, 3.05) is 14.2 Å². The third kappa shape index (κ3) is 2.74. The van der Waals surface area contributed by atoms with Gasteiger partial charge in [0.15, 0.2) is 0 Å². The van der Waals surface area contributed by atoms with Crippen molar-refractivity contribution in [1.29, 1.82) is 0 Å². The van der Waals surface area contributed by atoms with E-state index in [0.29, 0.717) is 0 Å². The number of rotatable bonds is 4. The Morgan fingerprint density at radius 3 is 2.53 bits per heavy atom. The van der Waals surface area contributed by atoms with Crippen LogP contribution in [0, 0.1) is 13.8 Å². The lowest BCUT2D eigenvalue weighted by Crippen LogP contribution is -2.19. The summed E-state index contributed by atoms with van der Waals surface area (Å²) in [5.41, 5.74) is 4.66. The lowest BCUT2D eigenvalue weighted by Gasteiger charge is -2.20. The van der Waals surface area contributed by atoms with Crippen LogP contribution in [0.4, 0.5) is 0 Å². The summed E-state index contributed by atoms with van der Waals surface area (Å²) >= 11 is 0. The number of hydrogen-bond acceptors (Lipinski definition) is 4. The van der Waals surface area contributed by atoms with Crippen molar-refractivity contribution in [1.82, 2.24) is 15.5 Å². The van der Waals surface area contributed by atoms with Crippen LogP contribution in [-0.2, 0) is 0 Å². The Balaban J connectivity index is 2.47. The molecule has 2 rings (SSSR count). The molecule has 0 fully saturated rings. The molecular weight excluding hydrogens is 238 g/mol. The van der Waals surface area contributed by atoms with Gasteiger partial charge < -0.3 is 10.1 Å². The molecular formula is C15H19N3O. The van der Waals surface area contributed by atoms with Gasteiger partial charge in [0.05, 0.1) is 19.3 Å². The van der Waals surface area contributed by atoms with Crippen molar-refractivity contribution in [3.8, 4) is 5.75 Å². The summed E-state index contributed by atoms with van der Waals surface area (Å²) in [6.07, 6.45) is 3.51. The van der Waals surface area contributed by atoms with Crippen LogP contribution in [-0.4, -0.2) is 24.4 Å². The number of hydrogen-bond donors (Lipinski definition) is 1. The molecule has 19 heavy (non-hydrogen) atoms. The summed E-state index contributed by atoms with van der Waals surface area (Å²) in [6, 6.07) is 6.33. The maximum atomic E-state index is 5.36. The second-order valence-corrected chi connectivity index (χ2v) is 4.58. The number of benzene rings is 1. The highest BCUT2D eigenvalue weighted by Gasteiger charge is 2.16. The Kier molecular flexibility index (Phi) is 4.12. The highest BCUT2D eigenvalue weighted by atomic mass is 16.5. The first kappa shape index (κ1) is 13.5. The van der Waals surface area contributed by atoms with E-state index < -0.39 is 0 Å². The van der Waals surface area contributed by atoms with Gasteiger partial charge in [-0.1, -0.05) is 6.07 Å². The summed E-state index contributed by atoms with van der Waals surface area (Å²) in [4.78, 5) is 0. The van der Waals surface area contributed by atoms with Crippen LogP contribution in [0.5, 0.6) is 5.75 Å². The molecule has 0 aliphatic heterocycles. The maximum absolute atomic E-state index is 5.36. The molecule has 0 aliphatic rings. The van der Waals surface area contributed by atoms with Crippen molar-refractivity contribution >= 4 is 0 Å². The monoisotopic (exact) mass is 257 g/mol. The van der Waals surface area contributed by atoms with Crippen LogP contribution >= 0.6 is 0 Å². The van der Waals surface area contributed by atoms with E-state index in [1.54, 1.807) is 19.5 Å². The first-order valence-electron chi connectivity index (χ1n) is 6.26. The normalized spacial score (nSPS) is 12.2. The van der Waals surface area contributed by atoms with E-state index in [1.165, 1.54) is 11.1 Å². The Labute approximate surface area is 113 Å². The SMILES string of the molecule is CNC(c1ccnnc1)c1cc(C)c(OC)cc1C. The van der Waals surface area contributed by atoms with E-state index in [9.17, 15) is 0 Å². The third-order valence-electron chi connectivity index (χ3n) is 3.32. The van der Waals surface area contributed by atoms with Gasteiger partial charge in [0.2, 0.25) is 0 Å². The maximum Gasteiger partial charge on any atom is 0.122 e. The van der Waals surface area contributed by atoms with Crippen molar-refractivity contribution in [3.05, 3.63) is 52.8 Å². The fourth-order valence-corrected chi connectivity index (χ4v) is 2.32. The minimum atomic E-state index is 0.111. The fourth-order valence-electron chi connectivity index (χ4n) is 2.32. The highest BCUT2D eigenvalue weighted by molar-refractivity contribution is 5.45. The largest absolute Gasteiger partial charge is 0.496 e. The highest BCUT2D eigenvalue weighted by Crippen LogP contribution is 2.29. The first-order chi connectivity index (χ1) is 9.17. The summed E-state index contributed by atoms with van der Waals surface area (Å²) in [5, 5.41) is 11.1. The summed E-state index contributed by atoms with van der Waals surface area (Å²) < 4.78 is 5.36. The van der Waals surface area contributed by atoms with Crippen LogP contribution < -0.4 is 10.1 Å². The van der Waals surface area contributed by atoms with Crippen LogP contribution in [0.15, 0.2) is 30.6 Å². The van der Waals surface area contributed by atoms with Crippen molar-refractivity contribution in [2.24, 2.45) is 0 Å². The summed E-state index contributed by atoms with van der Waals surface area (Å²) in [6.45, 7) is 4.15. The Bertz CT molecular complexity index is 555. The van der Waals surface area contributed by atoms with E-state index in [-0.39, 0.29) is 6.04 Å². The van der Waals surface area contributed by atoms with Crippen LogP contribution in [0.3, 0.4) is 0 Å². The molecule has 0 bridgehead atoms. The predicted molar refractivity (Wildman–Crippen MR) is 75.4 cm³/mol. The number of ether oxygens (including phenoxy) is 1. The number of methoxy groups -OCH3 is 1. The number of nitrogens with one attached hydrogen (secondary N) is 1. The Hall–Kier alpha value is -1.94. The molecule has 100 valence electrons. The van der Waals surface area contributed by atoms with Crippen LogP contribution in [0.2, 0.25) is 0 Å². The predicted octanol–water partition coefficient (Wildman–Crippen LogP) is 2.41. The molecule has 4 heteroatoms. The molecule has 1 N–H and O–H groups in total. The molecule has 0 spiro atoms. The average molecular weight is 257 g/mol. The van der Waals surface area contributed by atoms with E-state index in [0.717, 1.165) is 16.9 Å². The lowest BCUT2D eigenvalue weighted by molar-refractivity contribution is 0.411. The van der Waals surface area contributed by atoms with Crippen molar-refractivity contribution in [2.45, 2.75) is 19.9 Å². The van der Waals surface area contributed by atoms with Crippen LogP contribution in [0.1, 0.15) is 28.3 Å². The minimum absolute atomic E-state index is 0.111. The minimum Gasteiger partial charge on any atom is -0.496 e. The average Bonchev–Trinajstić information content (AvgIpc) is 2.44. The Morgan fingerprint density at radius 1 is 1.16 bits per heavy atom. The molecule has 0 amide bonds. The van der Waals surface area contributed by atoms with Gasteiger partial charge in [-0.05, 0) is 55.3 Å². The molecule has 1 aromatic carbocycles. The summed E-state index contributed by atoms with van der Waals surface area (Å²) in [5.74, 6) is 0.920. The number of nitrogens with zero attached hydrogens (tertiary/aromatic N) is 2. The summed E-state index contributed by atoms with van der Waals surface area (Å²) in [7, 11) is 3.65. The molecule has 1 heterocycles. The Morgan fingerprint density at radius 2 is 1.95 bits per heavy atom. The quantitative estimate of drug-likeness (QED) is 0.913. The zero-order chi connectivity index (χ0) is 13.8. The standard InChI is InChI=1S/C15H19N3O/c1-10-8-14(19-4)11(2)7-13(10)15(16-3)12-5-6-17-18-9-12/h5-9,15-16H,1-4H3. The van der Waals surface area contributed by atoms with Gasteiger partial charge in [0, 0.05) is 6.20 Å². The second kappa shape index (κ2) is 5.80. The molecule has 4 nitrogen and oxygen atoms in total. The van der Waals surface area contributed by atoms with Crippen LogP contribution in [0.25, 0.3) is 0 Å². The topological polar surface area (TPSA) is 47.0 Å². The first-order valence-corrected chi connectivity index (χ1v) is 6.26. The van der Waals surface area contributed by atoms with E-state index >= 15 is 0 Å². The smallest absolute Gasteiger partial charge is 0.122 e. The van der Waals surface area contributed by atoms with Gasteiger partial charge in [-0.25, -0.2) is 0 Å². The lowest BCUT2D eigenvalue weighted by atomic mass is 9.94. The van der Waals surface area contributed by atoms with Gasteiger partial charge in [-0.15, -0.1) is 0 Å². The zero-order valence-corrected chi connectivity index (χ0v) is 11.8. The van der Waals surface area contributed by atoms with Crippen molar-refractivity contribution in [3.63, 3.8) is 0 Å².